The van der Waals surface area contributed by atoms with Crippen molar-refractivity contribution in [3.63, 3.8) is 0 Å². The molecule has 11 heteroatoms. The van der Waals surface area contributed by atoms with Gasteiger partial charge in [0.15, 0.2) is 0 Å². The lowest BCUT2D eigenvalue weighted by Gasteiger charge is -2.33. The lowest BCUT2D eigenvalue weighted by Crippen LogP contribution is -2.53. The highest BCUT2D eigenvalue weighted by atomic mass is 32.2. The predicted octanol–water partition coefficient (Wildman–Crippen LogP) is 5.28. The van der Waals surface area contributed by atoms with Crippen molar-refractivity contribution in [2.45, 2.75) is 64.1 Å². The summed E-state index contributed by atoms with van der Waals surface area (Å²) in [6.45, 7) is 6.98. The Kier molecular flexibility index (Phi) is 11.4. The first-order chi connectivity index (χ1) is 20.0. The molecule has 0 heterocycles. The standard InChI is InChI=1S/C31H37F2N3O5S/c1-5-22(4)34-31(38)29(6-2)35(20-23-8-10-24(32)11-9-23)30(37)21-36(26-14-12-25(33)13-15-26)42(39,40)28-18-16-27(17-19-28)41-7-3/h8-19,22,29H,5-7,20-21H2,1-4H3,(H,34,38)/t22-,29-/m1/s1. The monoisotopic (exact) mass is 601 g/mol. The first kappa shape index (κ1) is 32.5. The third-order valence-electron chi connectivity index (χ3n) is 6.77. The molecule has 0 unspecified atom stereocenters. The molecule has 0 aliphatic heterocycles. The van der Waals surface area contributed by atoms with Crippen LogP contribution >= 0.6 is 0 Å². The van der Waals surface area contributed by atoms with Crippen molar-refractivity contribution in [3.05, 3.63) is 90.0 Å². The SMILES string of the molecule is CCOc1ccc(S(=O)(=O)N(CC(=O)N(Cc2ccc(F)cc2)[C@H](CC)C(=O)N[C@H](C)CC)c2ccc(F)cc2)cc1. The van der Waals surface area contributed by atoms with Gasteiger partial charge in [0.25, 0.3) is 10.0 Å². The Morgan fingerprint density at radius 2 is 1.43 bits per heavy atom. The largest absolute Gasteiger partial charge is 0.494 e. The molecule has 0 saturated carbocycles. The first-order valence-electron chi connectivity index (χ1n) is 13.9. The molecule has 1 N–H and O–H groups in total. The van der Waals surface area contributed by atoms with E-state index in [4.69, 9.17) is 4.74 Å². The number of hydrogen-bond acceptors (Lipinski definition) is 5. The molecule has 0 saturated heterocycles. The molecular weight excluding hydrogens is 564 g/mol. The average Bonchev–Trinajstić information content (AvgIpc) is 2.97. The molecule has 3 rings (SSSR count). The van der Waals surface area contributed by atoms with Gasteiger partial charge in [0.2, 0.25) is 11.8 Å². The van der Waals surface area contributed by atoms with Crippen LogP contribution in [-0.4, -0.2) is 50.4 Å². The molecule has 3 aromatic carbocycles. The number of ether oxygens (including phenoxy) is 1. The van der Waals surface area contributed by atoms with Gasteiger partial charge in [-0.15, -0.1) is 0 Å². The summed E-state index contributed by atoms with van der Waals surface area (Å²) in [5, 5.41) is 2.90. The van der Waals surface area contributed by atoms with Gasteiger partial charge in [-0.25, -0.2) is 17.2 Å². The Labute approximate surface area is 246 Å². The van der Waals surface area contributed by atoms with Crippen molar-refractivity contribution < 1.29 is 31.5 Å². The lowest BCUT2D eigenvalue weighted by molar-refractivity contribution is -0.140. The van der Waals surface area contributed by atoms with Crippen LogP contribution in [-0.2, 0) is 26.2 Å². The Balaban J connectivity index is 2.04. The predicted molar refractivity (Wildman–Crippen MR) is 157 cm³/mol. The maximum atomic E-state index is 14.0. The quantitative estimate of drug-likeness (QED) is 0.271. The molecule has 0 fully saturated rings. The van der Waals surface area contributed by atoms with Crippen molar-refractivity contribution in [2.75, 3.05) is 17.5 Å². The number of carbonyl (C=O) groups excluding carboxylic acids is 2. The highest BCUT2D eigenvalue weighted by Crippen LogP contribution is 2.26. The Hall–Kier alpha value is -3.99. The highest BCUT2D eigenvalue weighted by molar-refractivity contribution is 7.92. The Bertz CT molecular complexity index is 1430. The molecule has 0 aliphatic carbocycles. The fourth-order valence-electron chi connectivity index (χ4n) is 4.28. The van der Waals surface area contributed by atoms with Gasteiger partial charge in [-0.1, -0.05) is 26.0 Å². The summed E-state index contributed by atoms with van der Waals surface area (Å²) in [5.41, 5.74) is 0.625. The fourth-order valence-corrected chi connectivity index (χ4v) is 5.70. The number of hydrogen-bond donors (Lipinski definition) is 1. The summed E-state index contributed by atoms with van der Waals surface area (Å²) in [6.07, 6.45) is 0.921. The molecule has 0 spiro atoms. The van der Waals surface area contributed by atoms with Crippen molar-refractivity contribution in [3.8, 4) is 5.75 Å². The van der Waals surface area contributed by atoms with E-state index < -0.39 is 40.2 Å². The Morgan fingerprint density at radius 3 is 1.95 bits per heavy atom. The maximum Gasteiger partial charge on any atom is 0.264 e. The minimum Gasteiger partial charge on any atom is -0.494 e. The Morgan fingerprint density at radius 1 is 0.857 bits per heavy atom. The van der Waals surface area contributed by atoms with E-state index in [1.165, 1.54) is 65.6 Å². The van der Waals surface area contributed by atoms with Gasteiger partial charge in [-0.3, -0.25) is 13.9 Å². The van der Waals surface area contributed by atoms with Crippen molar-refractivity contribution in [2.24, 2.45) is 0 Å². The third kappa shape index (κ3) is 8.28. The first-order valence-corrected chi connectivity index (χ1v) is 15.3. The topological polar surface area (TPSA) is 96.0 Å². The summed E-state index contributed by atoms with van der Waals surface area (Å²) in [5.74, 6) is -1.60. The number of halogens is 2. The van der Waals surface area contributed by atoms with E-state index >= 15 is 0 Å². The molecule has 2 amide bonds. The lowest BCUT2D eigenvalue weighted by atomic mass is 10.1. The average molecular weight is 602 g/mol. The summed E-state index contributed by atoms with van der Waals surface area (Å²) in [7, 11) is -4.32. The molecule has 0 radical (unpaired) electrons. The van der Waals surface area contributed by atoms with Gasteiger partial charge in [0.1, 0.15) is 30.0 Å². The maximum absolute atomic E-state index is 14.0. The van der Waals surface area contributed by atoms with E-state index in [9.17, 15) is 26.8 Å². The van der Waals surface area contributed by atoms with E-state index in [0.717, 1.165) is 16.4 Å². The van der Waals surface area contributed by atoms with E-state index in [1.807, 2.05) is 13.8 Å². The normalized spacial score (nSPS) is 12.7. The highest BCUT2D eigenvalue weighted by Gasteiger charge is 2.34. The second kappa shape index (κ2) is 14.8. The van der Waals surface area contributed by atoms with Crippen LogP contribution in [0.3, 0.4) is 0 Å². The number of nitrogens with zero attached hydrogens (tertiary/aromatic N) is 2. The van der Waals surface area contributed by atoms with Crippen molar-refractivity contribution in [1.82, 2.24) is 10.2 Å². The molecule has 0 aromatic heterocycles. The van der Waals surface area contributed by atoms with Gasteiger partial charge in [-0.2, -0.15) is 0 Å². The molecule has 42 heavy (non-hydrogen) atoms. The van der Waals surface area contributed by atoms with Crippen LogP contribution in [0.25, 0.3) is 0 Å². The number of rotatable bonds is 14. The third-order valence-corrected chi connectivity index (χ3v) is 8.56. The van der Waals surface area contributed by atoms with Crippen LogP contribution in [0.5, 0.6) is 5.75 Å². The zero-order valence-corrected chi connectivity index (χ0v) is 25.0. The molecular formula is C31H37F2N3O5S. The van der Waals surface area contributed by atoms with Crippen LogP contribution < -0.4 is 14.4 Å². The smallest absolute Gasteiger partial charge is 0.264 e. The van der Waals surface area contributed by atoms with Crippen LogP contribution in [0.15, 0.2) is 77.7 Å². The van der Waals surface area contributed by atoms with E-state index in [-0.39, 0.29) is 35.5 Å². The minimum absolute atomic E-state index is 0.0636. The van der Waals surface area contributed by atoms with Gasteiger partial charge in [0.05, 0.1) is 17.2 Å². The number of sulfonamides is 1. The second-order valence-corrected chi connectivity index (χ2v) is 11.6. The number of carbonyl (C=O) groups is 2. The molecule has 226 valence electrons. The van der Waals surface area contributed by atoms with E-state index in [1.54, 1.807) is 13.8 Å². The van der Waals surface area contributed by atoms with Gasteiger partial charge in [0, 0.05) is 12.6 Å². The molecule has 0 aliphatic rings. The molecule has 2 atom stereocenters. The zero-order valence-electron chi connectivity index (χ0n) is 24.2. The number of amides is 2. The number of nitrogens with one attached hydrogen (secondary N) is 1. The van der Waals surface area contributed by atoms with Crippen molar-refractivity contribution >= 4 is 27.5 Å². The molecule has 3 aromatic rings. The molecule has 8 nitrogen and oxygen atoms in total. The molecule has 0 bridgehead atoms. The number of benzene rings is 3. The summed E-state index contributed by atoms with van der Waals surface area (Å²) >= 11 is 0. The second-order valence-electron chi connectivity index (χ2n) is 9.78. The van der Waals surface area contributed by atoms with Crippen molar-refractivity contribution in [1.29, 1.82) is 0 Å². The van der Waals surface area contributed by atoms with Crippen LogP contribution in [0.4, 0.5) is 14.5 Å². The van der Waals surface area contributed by atoms with Crippen LogP contribution in [0.1, 0.15) is 46.1 Å². The summed E-state index contributed by atoms with van der Waals surface area (Å²) in [4.78, 5) is 28.5. The fraction of sp³-hybridized carbons (Fsp3) is 0.355. The number of anilines is 1. The summed E-state index contributed by atoms with van der Waals surface area (Å²) in [6, 6.07) is 14.9. The van der Waals surface area contributed by atoms with Gasteiger partial charge < -0.3 is 15.0 Å². The van der Waals surface area contributed by atoms with Crippen LogP contribution in [0, 0.1) is 11.6 Å². The van der Waals surface area contributed by atoms with Gasteiger partial charge >= 0.3 is 0 Å². The van der Waals surface area contributed by atoms with Crippen LogP contribution in [0.2, 0.25) is 0 Å². The summed E-state index contributed by atoms with van der Waals surface area (Å²) < 4.78 is 61.5. The van der Waals surface area contributed by atoms with Gasteiger partial charge in [-0.05, 0) is 92.9 Å². The van der Waals surface area contributed by atoms with E-state index in [0.29, 0.717) is 24.3 Å². The minimum atomic E-state index is -4.32. The van der Waals surface area contributed by atoms with E-state index in [2.05, 4.69) is 5.32 Å². The zero-order chi connectivity index (χ0) is 30.9.